The first-order valence-electron chi connectivity index (χ1n) is 17.5. The number of ether oxygens (including phenoxy) is 2. The van der Waals surface area contributed by atoms with Crippen LogP contribution >= 0.6 is 19.4 Å². The van der Waals surface area contributed by atoms with Crippen molar-refractivity contribution in [3.05, 3.63) is 108 Å². The number of nitrogen functional groups attached to an aromatic ring is 1. The summed E-state index contributed by atoms with van der Waals surface area (Å²) >= 11 is 1.10. The van der Waals surface area contributed by atoms with E-state index >= 15 is 0 Å². The predicted octanol–water partition coefficient (Wildman–Crippen LogP) is 6.37. The van der Waals surface area contributed by atoms with Crippen LogP contribution in [-0.2, 0) is 45.6 Å². The molecule has 0 saturated heterocycles. The molecule has 2 aromatic heterocycles. The number of benzene rings is 3. The van der Waals surface area contributed by atoms with Crippen LogP contribution in [0.3, 0.4) is 0 Å². The second-order valence-corrected chi connectivity index (χ2v) is 15.4. The summed E-state index contributed by atoms with van der Waals surface area (Å²) in [5.74, 6) is -0.997. The second kappa shape index (κ2) is 20.3. The summed E-state index contributed by atoms with van der Waals surface area (Å²) in [6, 6.07) is 22.8. The fourth-order valence-corrected chi connectivity index (χ4v) is 7.51. The molecule has 3 aromatic carbocycles. The highest BCUT2D eigenvalue weighted by Crippen LogP contribution is 2.48. The molecule has 5 aromatic rings. The van der Waals surface area contributed by atoms with Crippen molar-refractivity contribution in [2.75, 3.05) is 44.3 Å². The lowest BCUT2D eigenvalue weighted by molar-refractivity contribution is -0.145. The number of nitrogens with zero attached hydrogens (tertiary/aromatic N) is 4. The molecule has 5 rings (SSSR count). The predicted molar refractivity (Wildman–Crippen MR) is 206 cm³/mol. The summed E-state index contributed by atoms with van der Waals surface area (Å²) < 4.78 is 52.9. The molecule has 2 heterocycles. The molecule has 13 nitrogen and oxygen atoms in total. The molecule has 0 aliphatic carbocycles. The monoisotopic (exact) mass is 778 g/mol. The van der Waals surface area contributed by atoms with Crippen LogP contribution in [0, 0.1) is 5.82 Å². The molecular formula is C38H44FN6O7PS. The van der Waals surface area contributed by atoms with E-state index in [1.165, 1.54) is 12.4 Å². The molecule has 4 N–H and O–H groups in total. The summed E-state index contributed by atoms with van der Waals surface area (Å²) in [6.45, 7) is 2.10. The zero-order valence-corrected chi connectivity index (χ0v) is 31.6. The van der Waals surface area contributed by atoms with Crippen molar-refractivity contribution in [2.45, 2.75) is 44.7 Å². The Morgan fingerprint density at radius 1 is 0.926 bits per heavy atom. The first-order chi connectivity index (χ1) is 26.1. The molecule has 0 aliphatic rings. The van der Waals surface area contributed by atoms with E-state index in [1.807, 2.05) is 60.7 Å². The number of aromatic nitrogens is 4. The van der Waals surface area contributed by atoms with Crippen LogP contribution in [0.1, 0.15) is 36.8 Å². The van der Waals surface area contributed by atoms with Gasteiger partial charge in [0.15, 0.2) is 11.5 Å². The SMILES string of the molecule is CC(C(=O)OCCCOP(=O)(COCCn1cnc2c(N)ncnc21)OCCCSC(=O)[C@H](N)Cc1ccccc1)c1ccc(-c2ccccc2)c(F)c1. The maximum Gasteiger partial charge on any atom is 0.356 e. The summed E-state index contributed by atoms with van der Waals surface area (Å²) in [5.41, 5.74) is 15.6. The van der Waals surface area contributed by atoms with Crippen LogP contribution < -0.4 is 11.5 Å². The van der Waals surface area contributed by atoms with Crippen molar-refractivity contribution in [3.8, 4) is 11.1 Å². The zero-order valence-electron chi connectivity index (χ0n) is 29.9. The molecule has 0 saturated carbocycles. The smallest absolute Gasteiger partial charge is 0.356 e. The van der Waals surface area contributed by atoms with Gasteiger partial charge < -0.3 is 34.6 Å². The third kappa shape index (κ3) is 11.7. The van der Waals surface area contributed by atoms with Gasteiger partial charge in [-0.05, 0) is 42.5 Å². The zero-order chi connectivity index (χ0) is 38.3. The summed E-state index contributed by atoms with van der Waals surface area (Å²) in [5, 5.41) is -0.140. The number of carbonyl (C=O) groups is 2. The molecule has 2 unspecified atom stereocenters. The Morgan fingerprint density at radius 2 is 1.65 bits per heavy atom. The molecule has 0 spiro atoms. The van der Waals surface area contributed by atoms with Gasteiger partial charge in [0.1, 0.15) is 24.0 Å². The first-order valence-corrected chi connectivity index (χ1v) is 20.2. The van der Waals surface area contributed by atoms with E-state index in [0.29, 0.717) is 47.4 Å². The Morgan fingerprint density at radius 3 is 2.39 bits per heavy atom. The van der Waals surface area contributed by atoms with E-state index in [9.17, 15) is 18.5 Å². The molecular weight excluding hydrogens is 734 g/mol. The third-order valence-corrected chi connectivity index (χ3v) is 11.1. The van der Waals surface area contributed by atoms with Crippen LogP contribution in [-0.4, -0.2) is 75.2 Å². The lowest BCUT2D eigenvalue weighted by Gasteiger charge is -2.19. The molecule has 286 valence electrons. The minimum atomic E-state index is -3.77. The van der Waals surface area contributed by atoms with Crippen molar-refractivity contribution < 1.29 is 37.1 Å². The number of fused-ring (bicyclic) bond motifs is 1. The standard InChI is InChI=1S/C38H44FN6O7PS/c1-27(30-14-15-31(32(39)23-30)29-12-6-3-7-13-29)37(46)50-17-8-18-51-53(48,26-49-20-16-45-25-44-34-35(41)42-24-43-36(34)45)52-19-9-21-54-38(47)33(40)22-28-10-4-2-5-11-28/h2-7,10-15,23-25,27,33H,8-9,16-22,26,40H2,1H3,(H2,41,42,43)/t27?,33-,53?/m1/s1. The van der Waals surface area contributed by atoms with Crippen molar-refractivity contribution in [2.24, 2.45) is 5.73 Å². The van der Waals surface area contributed by atoms with E-state index in [4.69, 9.17) is 30.0 Å². The van der Waals surface area contributed by atoms with E-state index in [0.717, 1.165) is 22.9 Å². The topological polar surface area (TPSA) is 184 Å². The largest absolute Gasteiger partial charge is 0.465 e. The Balaban J connectivity index is 1.08. The van der Waals surface area contributed by atoms with Crippen LogP contribution in [0.5, 0.6) is 0 Å². The summed E-state index contributed by atoms with van der Waals surface area (Å²) in [7, 11) is -3.77. The summed E-state index contributed by atoms with van der Waals surface area (Å²) in [4.78, 5) is 37.7. The van der Waals surface area contributed by atoms with Gasteiger partial charge >= 0.3 is 13.6 Å². The van der Waals surface area contributed by atoms with E-state index in [2.05, 4.69) is 15.0 Å². The minimum Gasteiger partial charge on any atom is -0.465 e. The van der Waals surface area contributed by atoms with Gasteiger partial charge in [-0.25, -0.2) is 19.3 Å². The quantitative estimate of drug-likeness (QED) is 0.0476. The van der Waals surface area contributed by atoms with Crippen LogP contribution in [0.15, 0.2) is 91.5 Å². The maximum absolute atomic E-state index is 14.9. The number of thioether (sulfide) groups is 1. The van der Waals surface area contributed by atoms with Gasteiger partial charge in [-0.3, -0.25) is 14.2 Å². The Hall–Kier alpha value is -4.50. The van der Waals surface area contributed by atoms with Crippen molar-refractivity contribution in [3.63, 3.8) is 0 Å². The molecule has 54 heavy (non-hydrogen) atoms. The molecule has 0 fully saturated rings. The fourth-order valence-electron chi connectivity index (χ4n) is 5.36. The van der Waals surface area contributed by atoms with Crippen LogP contribution in [0.4, 0.5) is 10.2 Å². The molecule has 0 radical (unpaired) electrons. The Labute approximate surface area is 317 Å². The normalized spacial score (nSPS) is 13.7. The van der Waals surface area contributed by atoms with Gasteiger partial charge in [0.05, 0.1) is 44.7 Å². The maximum atomic E-state index is 14.9. The highest BCUT2D eigenvalue weighted by atomic mass is 32.2. The number of esters is 1. The van der Waals surface area contributed by atoms with Gasteiger partial charge in [-0.15, -0.1) is 0 Å². The van der Waals surface area contributed by atoms with Gasteiger partial charge in [-0.1, -0.05) is 84.6 Å². The van der Waals surface area contributed by atoms with Gasteiger partial charge in [0.25, 0.3) is 0 Å². The third-order valence-electron chi connectivity index (χ3n) is 8.33. The Kier molecular flexibility index (Phi) is 15.3. The van der Waals surface area contributed by atoms with E-state index < -0.39 is 31.3 Å². The fraction of sp³-hybridized carbons (Fsp3) is 0.342. The van der Waals surface area contributed by atoms with Crippen molar-refractivity contribution >= 4 is 47.4 Å². The van der Waals surface area contributed by atoms with Crippen LogP contribution in [0.2, 0.25) is 0 Å². The molecule has 0 amide bonds. The van der Waals surface area contributed by atoms with Crippen molar-refractivity contribution in [1.29, 1.82) is 0 Å². The minimum absolute atomic E-state index is 0.0186. The lowest BCUT2D eigenvalue weighted by Crippen LogP contribution is -2.30. The summed E-state index contributed by atoms with van der Waals surface area (Å²) in [6.07, 6.45) is 3.63. The highest BCUT2D eigenvalue weighted by molar-refractivity contribution is 8.13. The van der Waals surface area contributed by atoms with Crippen molar-refractivity contribution in [1.82, 2.24) is 19.5 Å². The van der Waals surface area contributed by atoms with E-state index in [1.54, 1.807) is 30.0 Å². The number of imidazole rings is 1. The lowest BCUT2D eigenvalue weighted by atomic mass is 9.97. The van der Waals surface area contributed by atoms with Crippen LogP contribution in [0.25, 0.3) is 22.3 Å². The van der Waals surface area contributed by atoms with E-state index in [-0.39, 0.29) is 50.1 Å². The molecule has 0 bridgehead atoms. The number of carbonyl (C=O) groups excluding carboxylic acids is 2. The Bertz CT molecular complexity index is 2020. The molecule has 0 aliphatic heterocycles. The number of nitrogens with two attached hydrogens (primary N) is 2. The number of halogens is 1. The van der Waals surface area contributed by atoms with Gasteiger partial charge in [0, 0.05) is 24.3 Å². The average Bonchev–Trinajstić information content (AvgIpc) is 3.60. The number of anilines is 1. The number of rotatable bonds is 21. The van der Waals surface area contributed by atoms with Gasteiger partial charge in [-0.2, -0.15) is 0 Å². The number of hydrogen-bond acceptors (Lipinski definition) is 13. The second-order valence-electron chi connectivity index (χ2n) is 12.3. The number of hydrogen-bond donors (Lipinski definition) is 2. The van der Waals surface area contributed by atoms with Gasteiger partial charge in [0.2, 0.25) is 5.12 Å². The average molecular weight is 779 g/mol. The highest BCUT2D eigenvalue weighted by Gasteiger charge is 2.26. The molecule has 16 heteroatoms. The first kappa shape index (κ1) is 40.7. The molecule has 3 atom stereocenters.